The van der Waals surface area contributed by atoms with Crippen LogP contribution >= 0.6 is 0 Å². The predicted molar refractivity (Wildman–Crippen MR) is 73.5 cm³/mol. The van der Waals surface area contributed by atoms with Crippen molar-refractivity contribution >= 4 is 17.8 Å². The lowest BCUT2D eigenvalue weighted by molar-refractivity contribution is -0.133. The molecule has 1 aromatic heterocycles. The largest absolute Gasteiger partial charge is 0.356 e. The molecule has 0 bridgehead atoms. The third-order valence-corrected chi connectivity index (χ3v) is 3.95. The minimum atomic E-state index is -0.840. The van der Waals surface area contributed by atoms with Gasteiger partial charge in [-0.15, -0.1) is 0 Å². The molecule has 0 aromatic carbocycles. The first-order chi connectivity index (χ1) is 9.50. The number of fused-ring (bicyclic) bond motifs is 1. The quantitative estimate of drug-likeness (QED) is 0.760. The molecule has 7 heteroatoms. The number of hydrogen-bond acceptors (Lipinski definition) is 4. The van der Waals surface area contributed by atoms with Gasteiger partial charge in [0.15, 0.2) is 0 Å². The van der Waals surface area contributed by atoms with E-state index in [0.29, 0.717) is 18.8 Å². The molecule has 0 aliphatic carbocycles. The van der Waals surface area contributed by atoms with Gasteiger partial charge in [-0.3, -0.25) is 9.59 Å². The van der Waals surface area contributed by atoms with Gasteiger partial charge < -0.3 is 20.1 Å². The van der Waals surface area contributed by atoms with Crippen LogP contribution in [0.3, 0.4) is 0 Å². The molecule has 0 radical (unpaired) electrons. The number of hydrogen-bond donors (Lipinski definition) is 2. The first-order valence-electron chi connectivity index (χ1n) is 6.91. The summed E-state index contributed by atoms with van der Waals surface area (Å²) in [4.78, 5) is 30.5. The van der Waals surface area contributed by atoms with Crippen LogP contribution in [-0.4, -0.2) is 51.4 Å². The number of piperazine rings is 1. The average Bonchev–Trinajstić information content (AvgIpc) is 2.85. The molecule has 2 N–H and O–H groups in total. The summed E-state index contributed by atoms with van der Waals surface area (Å²) in [5.74, 6) is 0.423. The standard InChI is InChI=1S/C13H19N5O2/c1-13(2)11(20)14-5-7-18(13)10(19)9-8-17-6-3-4-15-12(17)16-9/h8H,3-7H2,1-2H3,(H,14,20)(H,15,16). The van der Waals surface area contributed by atoms with Crippen molar-refractivity contribution in [1.29, 1.82) is 0 Å². The number of rotatable bonds is 1. The van der Waals surface area contributed by atoms with Gasteiger partial charge in [0.1, 0.15) is 11.2 Å². The molecule has 0 atom stereocenters. The van der Waals surface area contributed by atoms with Gasteiger partial charge in [0.05, 0.1) is 0 Å². The monoisotopic (exact) mass is 277 g/mol. The Morgan fingerprint density at radius 2 is 2.10 bits per heavy atom. The van der Waals surface area contributed by atoms with Crippen molar-refractivity contribution in [3.05, 3.63) is 11.9 Å². The van der Waals surface area contributed by atoms with E-state index >= 15 is 0 Å². The van der Waals surface area contributed by atoms with Crippen LogP contribution in [-0.2, 0) is 11.3 Å². The van der Waals surface area contributed by atoms with Gasteiger partial charge in [-0.05, 0) is 20.3 Å². The first-order valence-corrected chi connectivity index (χ1v) is 6.91. The second-order valence-corrected chi connectivity index (χ2v) is 5.70. The Labute approximate surface area is 117 Å². The number of nitrogens with zero attached hydrogens (tertiary/aromatic N) is 3. The Bertz CT molecular complexity index is 540. The van der Waals surface area contributed by atoms with Gasteiger partial charge in [0.2, 0.25) is 11.9 Å². The lowest BCUT2D eigenvalue weighted by Crippen LogP contribution is -2.63. The van der Waals surface area contributed by atoms with Crippen LogP contribution in [0.1, 0.15) is 30.8 Å². The van der Waals surface area contributed by atoms with E-state index in [1.54, 1.807) is 24.9 Å². The van der Waals surface area contributed by atoms with Gasteiger partial charge in [-0.1, -0.05) is 0 Å². The summed E-state index contributed by atoms with van der Waals surface area (Å²) in [5, 5.41) is 5.96. The van der Waals surface area contributed by atoms with Gasteiger partial charge in [0, 0.05) is 32.4 Å². The maximum Gasteiger partial charge on any atom is 0.275 e. The first kappa shape index (κ1) is 13.0. The number of imidazole rings is 1. The van der Waals surface area contributed by atoms with Crippen LogP contribution in [0.2, 0.25) is 0 Å². The van der Waals surface area contributed by atoms with Crippen molar-refractivity contribution < 1.29 is 9.59 Å². The van der Waals surface area contributed by atoms with Crippen molar-refractivity contribution in [2.45, 2.75) is 32.4 Å². The number of aromatic nitrogens is 2. The topological polar surface area (TPSA) is 79.3 Å². The molecule has 1 fully saturated rings. The smallest absolute Gasteiger partial charge is 0.275 e. The van der Waals surface area contributed by atoms with Gasteiger partial charge >= 0.3 is 0 Å². The molecule has 1 saturated heterocycles. The molecule has 20 heavy (non-hydrogen) atoms. The third-order valence-electron chi connectivity index (χ3n) is 3.95. The molecule has 2 aliphatic heterocycles. The number of amides is 2. The highest BCUT2D eigenvalue weighted by atomic mass is 16.2. The number of aryl methyl sites for hydroxylation is 1. The molecule has 2 aliphatic rings. The van der Waals surface area contributed by atoms with E-state index in [-0.39, 0.29) is 11.8 Å². The molecule has 1 aromatic rings. The molecular weight excluding hydrogens is 258 g/mol. The maximum absolute atomic E-state index is 12.6. The summed E-state index contributed by atoms with van der Waals surface area (Å²) in [5.41, 5.74) is -0.440. The van der Waals surface area contributed by atoms with Crippen molar-refractivity contribution in [1.82, 2.24) is 19.8 Å². The Morgan fingerprint density at radius 1 is 1.30 bits per heavy atom. The van der Waals surface area contributed by atoms with Crippen molar-refractivity contribution in [2.24, 2.45) is 0 Å². The molecule has 108 valence electrons. The lowest BCUT2D eigenvalue weighted by atomic mass is 9.98. The third kappa shape index (κ3) is 1.93. The second-order valence-electron chi connectivity index (χ2n) is 5.70. The van der Waals surface area contributed by atoms with E-state index in [2.05, 4.69) is 15.6 Å². The highest BCUT2D eigenvalue weighted by Gasteiger charge is 2.41. The SMILES string of the molecule is CC1(C)C(=O)NCCN1C(=O)c1cn2c(n1)NCCC2. The average molecular weight is 277 g/mol. The Kier molecular flexibility index (Phi) is 2.92. The fourth-order valence-electron chi connectivity index (χ4n) is 2.67. The van der Waals surface area contributed by atoms with Crippen LogP contribution in [0, 0.1) is 0 Å². The number of anilines is 1. The van der Waals surface area contributed by atoms with Crippen LogP contribution in [0.15, 0.2) is 6.20 Å². The zero-order valence-corrected chi connectivity index (χ0v) is 11.8. The van der Waals surface area contributed by atoms with Gasteiger partial charge in [-0.25, -0.2) is 4.98 Å². The zero-order valence-electron chi connectivity index (χ0n) is 11.8. The summed E-state index contributed by atoms with van der Waals surface area (Å²) in [6.45, 7) is 6.25. The van der Waals surface area contributed by atoms with E-state index in [1.807, 2.05) is 4.57 Å². The normalized spacial score (nSPS) is 20.9. The van der Waals surface area contributed by atoms with Crippen LogP contribution in [0.25, 0.3) is 0 Å². The summed E-state index contributed by atoms with van der Waals surface area (Å²) in [6.07, 6.45) is 2.79. The van der Waals surface area contributed by atoms with Crippen molar-refractivity contribution in [2.75, 3.05) is 25.0 Å². The molecule has 3 heterocycles. The molecule has 0 saturated carbocycles. The van der Waals surface area contributed by atoms with E-state index in [4.69, 9.17) is 0 Å². The second kappa shape index (κ2) is 4.50. The predicted octanol–water partition coefficient (Wildman–Crippen LogP) is 0.0493. The Morgan fingerprint density at radius 3 is 2.85 bits per heavy atom. The van der Waals surface area contributed by atoms with Crippen molar-refractivity contribution in [3.8, 4) is 0 Å². The highest BCUT2D eigenvalue weighted by Crippen LogP contribution is 2.22. The van der Waals surface area contributed by atoms with E-state index in [1.165, 1.54) is 0 Å². The van der Waals surface area contributed by atoms with Gasteiger partial charge in [0.25, 0.3) is 5.91 Å². The maximum atomic E-state index is 12.6. The number of nitrogens with one attached hydrogen (secondary N) is 2. The molecular formula is C13H19N5O2. The molecule has 3 rings (SSSR count). The molecule has 0 spiro atoms. The molecule has 7 nitrogen and oxygen atoms in total. The fourth-order valence-corrected chi connectivity index (χ4v) is 2.67. The summed E-state index contributed by atoms with van der Waals surface area (Å²) in [7, 11) is 0. The Balaban J connectivity index is 1.88. The highest BCUT2D eigenvalue weighted by molar-refractivity contribution is 5.98. The summed E-state index contributed by atoms with van der Waals surface area (Å²) >= 11 is 0. The zero-order chi connectivity index (χ0) is 14.3. The van der Waals surface area contributed by atoms with Crippen LogP contribution < -0.4 is 10.6 Å². The number of carbonyl (C=O) groups is 2. The fraction of sp³-hybridized carbons (Fsp3) is 0.615. The van der Waals surface area contributed by atoms with E-state index < -0.39 is 5.54 Å². The molecule has 2 amide bonds. The van der Waals surface area contributed by atoms with E-state index in [9.17, 15) is 9.59 Å². The molecule has 0 unspecified atom stereocenters. The van der Waals surface area contributed by atoms with Crippen LogP contribution in [0.4, 0.5) is 5.95 Å². The summed E-state index contributed by atoms with van der Waals surface area (Å²) < 4.78 is 1.95. The van der Waals surface area contributed by atoms with Crippen molar-refractivity contribution in [3.63, 3.8) is 0 Å². The summed E-state index contributed by atoms with van der Waals surface area (Å²) in [6, 6.07) is 0. The minimum Gasteiger partial charge on any atom is -0.356 e. The Hall–Kier alpha value is -2.05. The lowest BCUT2D eigenvalue weighted by Gasteiger charge is -2.40. The minimum absolute atomic E-state index is 0.126. The number of carbonyl (C=O) groups excluding carboxylic acids is 2. The van der Waals surface area contributed by atoms with E-state index in [0.717, 1.165) is 25.5 Å². The van der Waals surface area contributed by atoms with Crippen LogP contribution in [0.5, 0.6) is 0 Å². The van der Waals surface area contributed by atoms with Gasteiger partial charge in [-0.2, -0.15) is 0 Å².